The molecule has 6 heteroatoms. The van der Waals surface area contributed by atoms with Crippen molar-refractivity contribution < 1.29 is 19.8 Å². The molecule has 1 aromatic carbocycles. The first kappa shape index (κ1) is 14.8. The molecule has 1 rings (SSSR count). The number of nitrogens with one attached hydrogen (secondary N) is 1. The van der Waals surface area contributed by atoms with Crippen LogP contribution in [0.25, 0.3) is 0 Å². The molecule has 0 saturated heterocycles. The largest absolute Gasteiger partial charge is 0.508 e. The van der Waals surface area contributed by atoms with E-state index in [9.17, 15) is 9.59 Å². The topological polar surface area (TPSA) is 89.9 Å². The lowest BCUT2D eigenvalue weighted by atomic mass is 10.2. The second kappa shape index (κ2) is 7.25. The number of hydrogen-bond acceptors (Lipinski definition) is 3. The highest BCUT2D eigenvalue weighted by molar-refractivity contribution is 5.91. The van der Waals surface area contributed by atoms with Crippen LogP contribution in [0.1, 0.15) is 19.3 Å². The van der Waals surface area contributed by atoms with E-state index in [1.807, 2.05) is 0 Å². The monoisotopic (exact) mass is 266 g/mol. The maximum atomic E-state index is 11.8. The minimum absolute atomic E-state index is 0.115. The van der Waals surface area contributed by atoms with Gasteiger partial charge in [0.25, 0.3) is 0 Å². The van der Waals surface area contributed by atoms with Crippen molar-refractivity contribution in [3.05, 3.63) is 24.3 Å². The summed E-state index contributed by atoms with van der Waals surface area (Å²) >= 11 is 0. The van der Waals surface area contributed by atoms with Crippen molar-refractivity contribution in [2.24, 2.45) is 0 Å². The predicted octanol–water partition coefficient (Wildman–Crippen LogP) is 1.79. The fraction of sp³-hybridized carbons (Fsp3) is 0.385. The van der Waals surface area contributed by atoms with E-state index in [1.165, 1.54) is 17.0 Å². The average molecular weight is 266 g/mol. The van der Waals surface area contributed by atoms with Crippen LogP contribution in [-0.2, 0) is 4.79 Å². The van der Waals surface area contributed by atoms with Crippen LogP contribution < -0.4 is 10.2 Å². The second-order valence-electron chi connectivity index (χ2n) is 4.16. The Morgan fingerprint density at radius 1 is 1.21 bits per heavy atom. The van der Waals surface area contributed by atoms with Crippen molar-refractivity contribution in [1.82, 2.24) is 5.32 Å². The van der Waals surface area contributed by atoms with Gasteiger partial charge in [-0.05, 0) is 37.1 Å². The molecule has 0 aliphatic heterocycles. The Balaban J connectivity index is 2.32. The van der Waals surface area contributed by atoms with Gasteiger partial charge in [0.15, 0.2) is 0 Å². The number of carboxylic acids is 1. The van der Waals surface area contributed by atoms with Crippen LogP contribution in [0.2, 0.25) is 0 Å². The van der Waals surface area contributed by atoms with Crippen molar-refractivity contribution in [3.8, 4) is 5.75 Å². The number of amides is 2. The summed E-state index contributed by atoms with van der Waals surface area (Å²) in [5.74, 6) is -0.682. The van der Waals surface area contributed by atoms with Gasteiger partial charge in [0, 0.05) is 25.7 Å². The number of carbonyl (C=O) groups is 2. The van der Waals surface area contributed by atoms with E-state index in [0.29, 0.717) is 25.1 Å². The normalized spacial score (nSPS) is 9.95. The molecule has 0 atom stereocenters. The SMILES string of the molecule is CN(C(=O)NCCCCC(=O)O)c1ccc(O)cc1. The number of rotatable bonds is 6. The molecule has 0 aliphatic rings. The molecular weight excluding hydrogens is 248 g/mol. The zero-order chi connectivity index (χ0) is 14.3. The van der Waals surface area contributed by atoms with Gasteiger partial charge in [-0.1, -0.05) is 0 Å². The molecule has 0 spiro atoms. The highest BCUT2D eigenvalue weighted by Crippen LogP contribution is 2.16. The summed E-state index contributed by atoms with van der Waals surface area (Å²) in [6, 6.07) is 6.03. The lowest BCUT2D eigenvalue weighted by Gasteiger charge is -2.18. The average Bonchev–Trinajstić information content (AvgIpc) is 2.37. The minimum atomic E-state index is -0.826. The summed E-state index contributed by atoms with van der Waals surface area (Å²) in [7, 11) is 1.62. The van der Waals surface area contributed by atoms with Gasteiger partial charge in [-0.15, -0.1) is 0 Å². The maximum absolute atomic E-state index is 11.8. The fourth-order valence-corrected chi connectivity index (χ4v) is 1.51. The standard InChI is InChI=1S/C13H18N2O4/c1-15(10-5-7-11(16)8-6-10)13(19)14-9-3-2-4-12(17)18/h5-8,16H,2-4,9H2,1H3,(H,14,19)(H,17,18). The summed E-state index contributed by atoms with van der Waals surface area (Å²) in [5.41, 5.74) is 0.667. The Bertz CT molecular complexity index is 431. The summed E-state index contributed by atoms with van der Waals surface area (Å²) in [4.78, 5) is 23.5. The Hall–Kier alpha value is -2.24. The van der Waals surface area contributed by atoms with Crippen molar-refractivity contribution in [3.63, 3.8) is 0 Å². The van der Waals surface area contributed by atoms with E-state index in [-0.39, 0.29) is 18.2 Å². The summed E-state index contributed by atoms with van der Waals surface area (Å²) in [6.45, 7) is 0.439. The lowest BCUT2D eigenvalue weighted by Crippen LogP contribution is -2.37. The van der Waals surface area contributed by atoms with Crippen molar-refractivity contribution in [2.45, 2.75) is 19.3 Å². The first-order chi connectivity index (χ1) is 9.00. The molecule has 0 unspecified atom stereocenters. The summed E-state index contributed by atoms with van der Waals surface area (Å²) in [5, 5.41) is 20.3. The molecular formula is C13H18N2O4. The van der Waals surface area contributed by atoms with Crippen LogP contribution in [0.15, 0.2) is 24.3 Å². The van der Waals surface area contributed by atoms with Crippen LogP contribution in [0, 0.1) is 0 Å². The molecule has 0 bridgehead atoms. The molecule has 0 radical (unpaired) electrons. The Labute approximate surface area is 111 Å². The fourth-order valence-electron chi connectivity index (χ4n) is 1.51. The number of urea groups is 1. The van der Waals surface area contributed by atoms with Crippen LogP contribution in [0.4, 0.5) is 10.5 Å². The molecule has 3 N–H and O–H groups in total. The number of phenols is 1. The zero-order valence-corrected chi connectivity index (χ0v) is 10.8. The molecule has 6 nitrogen and oxygen atoms in total. The van der Waals surface area contributed by atoms with Gasteiger partial charge in [-0.2, -0.15) is 0 Å². The number of aromatic hydroxyl groups is 1. The quantitative estimate of drug-likeness (QED) is 0.685. The van der Waals surface area contributed by atoms with E-state index >= 15 is 0 Å². The third-order valence-corrected chi connectivity index (χ3v) is 2.64. The van der Waals surface area contributed by atoms with Gasteiger partial charge in [-0.3, -0.25) is 9.69 Å². The van der Waals surface area contributed by atoms with E-state index in [1.54, 1.807) is 19.2 Å². The zero-order valence-electron chi connectivity index (χ0n) is 10.8. The third-order valence-electron chi connectivity index (χ3n) is 2.64. The smallest absolute Gasteiger partial charge is 0.321 e. The van der Waals surface area contributed by atoms with Crippen molar-refractivity contribution in [2.75, 3.05) is 18.5 Å². The van der Waals surface area contributed by atoms with Crippen LogP contribution in [-0.4, -0.2) is 35.8 Å². The molecule has 1 aromatic rings. The van der Waals surface area contributed by atoms with E-state index in [2.05, 4.69) is 5.32 Å². The van der Waals surface area contributed by atoms with Gasteiger partial charge in [0.05, 0.1) is 0 Å². The molecule has 0 saturated carbocycles. The van der Waals surface area contributed by atoms with E-state index in [0.717, 1.165) is 0 Å². The Morgan fingerprint density at radius 2 is 1.84 bits per heavy atom. The number of carboxylic acid groups (broad SMARTS) is 1. The van der Waals surface area contributed by atoms with Gasteiger partial charge < -0.3 is 15.5 Å². The van der Waals surface area contributed by atoms with Crippen LogP contribution in [0.5, 0.6) is 5.75 Å². The van der Waals surface area contributed by atoms with Gasteiger partial charge in [0.2, 0.25) is 0 Å². The number of carbonyl (C=O) groups excluding carboxylic acids is 1. The van der Waals surface area contributed by atoms with E-state index < -0.39 is 5.97 Å². The Morgan fingerprint density at radius 3 is 2.42 bits per heavy atom. The number of hydrogen-bond donors (Lipinski definition) is 3. The minimum Gasteiger partial charge on any atom is -0.508 e. The first-order valence-electron chi connectivity index (χ1n) is 6.03. The number of benzene rings is 1. The highest BCUT2D eigenvalue weighted by atomic mass is 16.4. The van der Waals surface area contributed by atoms with Crippen LogP contribution in [0.3, 0.4) is 0 Å². The molecule has 2 amide bonds. The van der Waals surface area contributed by atoms with Gasteiger partial charge >= 0.3 is 12.0 Å². The molecule has 0 heterocycles. The molecule has 19 heavy (non-hydrogen) atoms. The van der Waals surface area contributed by atoms with E-state index in [4.69, 9.17) is 10.2 Å². The second-order valence-corrected chi connectivity index (χ2v) is 4.16. The Kier molecular flexibility index (Phi) is 5.66. The molecule has 0 aliphatic carbocycles. The summed E-state index contributed by atoms with van der Waals surface area (Å²) in [6.07, 6.45) is 1.28. The van der Waals surface area contributed by atoms with Crippen molar-refractivity contribution in [1.29, 1.82) is 0 Å². The maximum Gasteiger partial charge on any atom is 0.321 e. The van der Waals surface area contributed by atoms with Crippen LogP contribution >= 0.6 is 0 Å². The number of phenolic OH excluding ortho intramolecular Hbond substituents is 1. The first-order valence-corrected chi connectivity index (χ1v) is 6.03. The third kappa shape index (κ3) is 5.29. The number of nitrogens with zero attached hydrogens (tertiary/aromatic N) is 1. The van der Waals surface area contributed by atoms with Gasteiger partial charge in [0.1, 0.15) is 5.75 Å². The molecule has 104 valence electrons. The van der Waals surface area contributed by atoms with Gasteiger partial charge in [-0.25, -0.2) is 4.79 Å². The predicted molar refractivity (Wildman–Crippen MR) is 71.4 cm³/mol. The van der Waals surface area contributed by atoms with Crippen molar-refractivity contribution >= 4 is 17.7 Å². The number of unbranched alkanes of at least 4 members (excludes halogenated alkanes) is 1. The highest BCUT2D eigenvalue weighted by Gasteiger charge is 2.09. The number of anilines is 1. The lowest BCUT2D eigenvalue weighted by molar-refractivity contribution is -0.137. The molecule has 0 aromatic heterocycles. The number of aliphatic carboxylic acids is 1. The summed E-state index contributed by atoms with van der Waals surface area (Å²) < 4.78 is 0. The molecule has 0 fully saturated rings.